The Morgan fingerprint density at radius 2 is 1.96 bits per heavy atom. The molecule has 2 heteroatoms. The molecule has 3 rings (SSSR count). The van der Waals surface area contributed by atoms with Crippen molar-refractivity contribution < 1.29 is 4.74 Å². The summed E-state index contributed by atoms with van der Waals surface area (Å²) in [5.41, 5.74) is 2.98. The maximum absolute atomic E-state index is 6.00. The fourth-order valence-electron chi connectivity index (χ4n) is 4.34. The Kier molecular flexibility index (Phi) is 6.38. The largest absolute Gasteiger partial charge is 0.494 e. The van der Waals surface area contributed by atoms with Crippen molar-refractivity contribution in [3.63, 3.8) is 0 Å². The van der Waals surface area contributed by atoms with Gasteiger partial charge >= 0.3 is 0 Å². The van der Waals surface area contributed by atoms with Gasteiger partial charge in [0.2, 0.25) is 0 Å². The van der Waals surface area contributed by atoms with Crippen LogP contribution in [0.2, 0.25) is 0 Å². The third-order valence-corrected chi connectivity index (χ3v) is 5.71. The Morgan fingerprint density at radius 1 is 1.09 bits per heavy atom. The molecule has 2 nitrogen and oxygen atoms in total. The second kappa shape index (κ2) is 8.73. The monoisotopic (exact) mass is 315 g/mol. The lowest BCUT2D eigenvalue weighted by Gasteiger charge is -2.24. The van der Waals surface area contributed by atoms with E-state index in [2.05, 4.69) is 30.4 Å². The Hall–Kier alpha value is -1.02. The van der Waals surface area contributed by atoms with Crippen molar-refractivity contribution in [1.29, 1.82) is 0 Å². The minimum atomic E-state index is 0.789. The molecule has 1 aromatic rings. The second-order valence-electron chi connectivity index (χ2n) is 7.56. The van der Waals surface area contributed by atoms with E-state index >= 15 is 0 Å². The molecule has 128 valence electrons. The highest BCUT2D eigenvalue weighted by Crippen LogP contribution is 2.35. The third kappa shape index (κ3) is 4.97. The first-order valence-corrected chi connectivity index (χ1v) is 9.77. The van der Waals surface area contributed by atoms with Gasteiger partial charge in [0, 0.05) is 0 Å². The standard InChI is InChI=1S/C21H33NO/c1-17-15-20(11-12-21(17)19-9-3-2-4-10-19)23-14-6-8-18-7-5-13-22-16-18/h11-12,15,18-19,22H,2-10,13-14,16H2,1H3. The number of nitrogens with one attached hydrogen (secondary N) is 1. The van der Waals surface area contributed by atoms with Gasteiger partial charge in [0.1, 0.15) is 5.75 Å². The smallest absolute Gasteiger partial charge is 0.119 e. The van der Waals surface area contributed by atoms with E-state index in [1.165, 1.54) is 76.4 Å². The highest BCUT2D eigenvalue weighted by atomic mass is 16.5. The quantitative estimate of drug-likeness (QED) is 0.728. The van der Waals surface area contributed by atoms with Crippen molar-refractivity contribution in [3.8, 4) is 5.75 Å². The lowest BCUT2D eigenvalue weighted by Crippen LogP contribution is -2.29. The highest BCUT2D eigenvalue weighted by molar-refractivity contribution is 5.37. The van der Waals surface area contributed by atoms with Gasteiger partial charge in [-0.1, -0.05) is 25.3 Å². The second-order valence-corrected chi connectivity index (χ2v) is 7.56. The molecule has 1 aliphatic carbocycles. The molecule has 1 atom stereocenters. The van der Waals surface area contributed by atoms with Gasteiger partial charge in [-0.3, -0.25) is 0 Å². The van der Waals surface area contributed by atoms with Crippen molar-refractivity contribution in [3.05, 3.63) is 29.3 Å². The predicted molar refractivity (Wildman–Crippen MR) is 97.3 cm³/mol. The van der Waals surface area contributed by atoms with Gasteiger partial charge in [-0.15, -0.1) is 0 Å². The maximum Gasteiger partial charge on any atom is 0.119 e. The van der Waals surface area contributed by atoms with E-state index in [-0.39, 0.29) is 0 Å². The Labute approximate surface area is 142 Å². The molecule has 1 unspecified atom stereocenters. The highest BCUT2D eigenvalue weighted by Gasteiger charge is 2.17. The molecule has 0 bridgehead atoms. The number of hydrogen-bond acceptors (Lipinski definition) is 2. The average molecular weight is 316 g/mol. The Bertz CT molecular complexity index is 473. The maximum atomic E-state index is 6.00. The topological polar surface area (TPSA) is 21.3 Å². The third-order valence-electron chi connectivity index (χ3n) is 5.71. The van der Waals surface area contributed by atoms with Gasteiger partial charge in [0.05, 0.1) is 6.61 Å². The zero-order valence-corrected chi connectivity index (χ0v) is 14.8. The van der Waals surface area contributed by atoms with Gasteiger partial charge in [-0.2, -0.15) is 0 Å². The molecule has 0 radical (unpaired) electrons. The van der Waals surface area contributed by atoms with Crippen LogP contribution in [0, 0.1) is 12.8 Å². The van der Waals surface area contributed by atoms with E-state index in [1.807, 2.05) is 0 Å². The minimum absolute atomic E-state index is 0.789. The first-order valence-electron chi connectivity index (χ1n) is 9.77. The van der Waals surface area contributed by atoms with Gasteiger partial charge in [-0.25, -0.2) is 0 Å². The number of piperidine rings is 1. The molecule has 0 amide bonds. The van der Waals surface area contributed by atoms with Crippen LogP contribution < -0.4 is 10.1 Å². The van der Waals surface area contributed by atoms with Crippen molar-refractivity contribution >= 4 is 0 Å². The summed E-state index contributed by atoms with van der Waals surface area (Å²) in [5.74, 6) is 2.71. The molecule has 0 spiro atoms. The van der Waals surface area contributed by atoms with Crippen molar-refractivity contribution in [2.45, 2.75) is 70.6 Å². The molecule has 1 saturated heterocycles. The summed E-state index contributed by atoms with van der Waals surface area (Å²) >= 11 is 0. The zero-order chi connectivity index (χ0) is 15.9. The van der Waals surface area contributed by atoms with Gasteiger partial charge < -0.3 is 10.1 Å². The summed E-state index contributed by atoms with van der Waals surface area (Å²) in [5, 5.41) is 3.50. The molecule has 2 aliphatic rings. The van der Waals surface area contributed by atoms with Gasteiger partial charge in [-0.05, 0) is 93.6 Å². The molecule has 2 fully saturated rings. The molecule has 0 aromatic heterocycles. The van der Waals surface area contributed by atoms with Crippen molar-refractivity contribution in [2.24, 2.45) is 5.92 Å². The summed E-state index contributed by atoms with van der Waals surface area (Å²) in [6, 6.07) is 6.77. The van der Waals surface area contributed by atoms with Crippen LogP contribution in [0.1, 0.15) is 74.8 Å². The van der Waals surface area contributed by atoms with E-state index in [9.17, 15) is 0 Å². The molecule has 1 aliphatic heterocycles. The van der Waals surface area contributed by atoms with Crippen LogP contribution in [0.4, 0.5) is 0 Å². The first-order chi connectivity index (χ1) is 11.3. The lowest BCUT2D eigenvalue weighted by atomic mass is 9.82. The summed E-state index contributed by atoms with van der Waals surface area (Å²) < 4.78 is 6.00. The van der Waals surface area contributed by atoms with Crippen LogP contribution in [0.15, 0.2) is 18.2 Å². The fourth-order valence-corrected chi connectivity index (χ4v) is 4.34. The normalized spacial score (nSPS) is 22.9. The SMILES string of the molecule is Cc1cc(OCCCC2CCCNC2)ccc1C1CCCCC1. The lowest BCUT2D eigenvalue weighted by molar-refractivity contribution is 0.275. The number of rotatable bonds is 6. The van der Waals surface area contributed by atoms with Crippen molar-refractivity contribution in [1.82, 2.24) is 5.32 Å². The molecular formula is C21H33NO. The van der Waals surface area contributed by atoms with Crippen LogP contribution >= 0.6 is 0 Å². The molecule has 23 heavy (non-hydrogen) atoms. The molecule has 1 N–H and O–H groups in total. The predicted octanol–water partition coefficient (Wildman–Crippen LogP) is 5.20. The number of hydrogen-bond donors (Lipinski definition) is 1. The van der Waals surface area contributed by atoms with Gasteiger partial charge in [0.25, 0.3) is 0 Å². The minimum Gasteiger partial charge on any atom is -0.494 e. The average Bonchev–Trinajstić information content (AvgIpc) is 2.60. The van der Waals surface area contributed by atoms with Crippen LogP contribution in [0.5, 0.6) is 5.75 Å². The summed E-state index contributed by atoms with van der Waals surface area (Å²) in [4.78, 5) is 0. The van der Waals surface area contributed by atoms with Gasteiger partial charge in [0.15, 0.2) is 0 Å². The van der Waals surface area contributed by atoms with E-state index in [4.69, 9.17) is 4.74 Å². The zero-order valence-electron chi connectivity index (χ0n) is 14.8. The number of benzene rings is 1. The van der Waals surface area contributed by atoms with E-state index in [0.717, 1.165) is 24.2 Å². The molecule has 1 heterocycles. The summed E-state index contributed by atoms with van der Waals surface area (Å²) in [6.07, 6.45) is 12.2. The van der Waals surface area contributed by atoms with Crippen LogP contribution in [0.25, 0.3) is 0 Å². The number of aryl methyl sites for hydroxylation is 1. The molecular weight excluding hydrogens is 282 g/mol. The molecule has 1 saturated carbocycles. The Morgan fingerprint density at radius 3 is 2.70 bits per heavy atom. The summed E-state index contributed by atoms with van der Waals surface area (Å²) in [6.45, 7) is 5.53. The number of ether oxygens (including phenoxy) is 1. The molecule has 1 aromatic carbocycles. The van der Waals surface area contributed by atoms with E-state index in [0.29, 0.717) is 0 Å². The van der Waals surface area contributed by atoms with E-state index in [1.54, 1.807) is 5.56 Å². The Balaban J connectivity index is 1.44. The van der Waals surface area contributed by atoms with E-state index < -0.39 is 0 Å². The van der Waals surface area contributed by atoms with Crippen molar-refractivity contribution in [2.75, 3.05) is 19.7 Å². The fraction of sp³-hybridized carbons (Fsp3) is 0.714. The van der Waals surface area contributed by atoms with Crippen LogP contribution in [0.3, 0.4) is 0 Å². The first kappa shape index (κ1) is 16.8. The van der Waals surface area contributed by atoms with Crippen LogP contribution in [-0.4, -0.2) is 19.7 Å². The van der Waals surface area contributed by atoms with Crippen LogP contribution in [-0.2, 0) is 0 Å². The summed E-state index contributed by atoms with van der Waals surface area (Å²) in [7, 11) is 0.